The molecule has 2 aromatic carbocycles. The first kappa shape index (κ1) is 11.6. The maximum atomic E-state index is 9.40. The summed E-state index contributed by atoms with van der Waals surface area (Å²) >= 11 is 0. The minimum absolute atomic E-state index is 0.211. The molecule has 0 radical (unpaired) electrons. The van der Waals surface area contributed by atoms with Crippen molar-refractivity contribution in [3.63, 3.8) is 0 Å². The topological polar surface area (TPSA) is 39.6 Å². The lowest BCUT2D eigenvalue weighted by Crippen LogP contribution is -1.96. The highest BCUT2D eigenvalue weighted by atomic mass is 14.6. The van der Waals surface area contributed by atoms with Gasteiger partial charge in [0.2, 0.25) is 0 Å². The van der Waals surface area contributed by atoms with Crippen molar-refractivity contribution in [1.29, 1.82) is 5.26 Å². The summed E-state index contributed by atoms with van der Waals surface area (Å²) in [6.45, 7) is 2.09. The van der Waals surface area contributed by atoms with Crippen molar-refractivity contribution in [3.05, 3.63) is 71.5 Å². The number of nitriles is 1. The smallest absolute Gasteiger partial charge is 0.0977 e. The van der Waals surface area contributed by atoms with E-state index in [4.69, 9.17) is 0 Å². The second kappa shape index (κ2) is 4.62. The van der Waals surface area contributed by atoms with Gasteiger partial charge < -0.3 is 4.98 Å². The lowest BCUT2D eigenvalue weighted by atomic mass is 9.92. The Kier molecular flexibility index (Phi) is 2.81. The van der Waals surface area contributed by atoms with Crippen molar-refractivity contribution >= 4 is 10.8 Å². The number of rotatable bonds is 2. The van der Waals surface area contributed by atoms with Gasteiger partial charge in [0.15, 0.2) is 0 Å². The highest BCUT2D eigenvalue weighted by Gasteiger charge is 2.13. The van der Waals surface area contributed by atoms with E-state index in [1.54, 1.807) is 0 Å². The minimum Gasteiger partial charge on any atom is -0.367 e. The second-order valence-electron chi connectivity index (χ2n) is 4.82. The fourth-order valence-electron chi connectivity index (χ4n) is 2.42. The Morgan fingerprint density at radius 1 is 1.00 bits per heavy atom. The molecule has 3 rings (SSSR count). The van der Waals surface area contributed by atoms with Crippen LogP contribution in [0.1, 0.15) is 22.6 Å². The van der Waals surface area contributed by atoms with Crippen molar-refractivity contribution in [1.82, 2.24) is 4.98 Å². The molecule has 0 aliphatic rings. The Labute approximate surface area is 112 Å². The molecule has 0 saturated carbocycles. The highest BCUT2D eigenvalue weighted by Crippen LogP contribution is 2.27. The number of aryl methyl sites for hydroxylation is 1. The largest absolute Gasteiger partial charge is 0.367 e. The number of hydrogen-bond donors (Lipinski definition) is 1. The van der Waals surface area contributed by atoms with Gasteiger partial charge in [0, 0.05) is 12.4 Å². The summed E-state index contributed by atoms with van der Waals surface area (Å²) < 4.78 is 0. The third kappa shape index (κ3) is 2.11. The van der Waals surface area contributed by atoms with Gasteiger partial charge in [-0.1, -0.05) is 35.9 Å². The molecule has 1 unspecified atom stereocenters. The number of nitrogens with one attached hydrogen (secondary N) is 1. The van der Waals surface area contributed by atoms with Gasteiger partial charge in [0.25, 0.3) is 0 Å². The SMILES string of the molecule is Cc1ccc2cc(C(C#N)c3cc[nH]c3)ccc2c1. The van der Waals surface area contributed by atoms with Gasteiger partial charge in [-0.25, -0.2) is 0 Å². The summed E-state index contributed by atoms with van der Waals surface area (Å²) in [6.07, 6.45) is 3.73. The van der Waals surface area contributed by atoms with E-state index in [2.05, 4.69) is 48.3 Å². The molecule has 19 heavy (non-hydrogen) atoms. The first-order valence-corrected chi connectivity index (χ1v) is 6.30. The van der Waals surface area contributed by atoms with Crippen LogP contribution in [-0.2, 0) is 0 Å². The lowest BCUT2D eigenvalue weighted by Gasteiger charge is -2.09. The number of fused-ring (bicyclic) bond motifs is 1. The van der Waals surface area contributed by atoms with Crippen molar-refractivity contribution in [3.8, 4) is 6.07 Å². The summed E-state index contributed by atoms with van der Waals surface area (Å²) in [5, 5.41) is 11.8. The number of aromatic amines is 1. The first-order valence-electron chi connectivity index (χ1n) is 6.30. The molecular weight excluding hydrogens is 232 g/mol. The van der Waals surface area contributed by atoms with Gasteiger partial charge in [0.05, 0.1) is 12.0 Å². The number of hydrogen-bond acceptors (Lipinski definition) is 1. The van der Waals surface area contributed by atoms with Gasteiger partial charge >= 0.3 is 0 Å². The van der Waals surface area contributed by atoms with Crippen LogP contribution in [0.15, 0.2) is 54.9 Å². The molecule has 2 heteroatoms. The summed E-state index contributed by atoms with van der Waals surface area (Å²) in [6, 6.07) is 16.9. The number of aromatic nitrogens is 1. The maximum Gasteiger partial charge on any atom is 0.0977 e. The van der Waals surface area contributed by atoms with Crippen molar-refractivity contribution in [2.75, 3.05) is 0 Å². The van der Waals surface area contributed by atoms with Crippen LogP contribution in [-0.4, -0.2) is 4.98 Å². The van der Waals surface area contributed by atoms with Crippen molar-refractivity contribution in [2.24, 2.45) is 0 Å². The van der Waals surface area contributed by atoms with Gasteiger partial charge in [-0.3, -0.25) is 0 Å². The van der Waals surface area contributed by atoms with E-state index in [1.165, 1.54) is 16.3 Å². The molecule has 0 saturated heterocycles. The van der Waals surface area contributed by atoms with Crippen LogP contribution in [0.5, 0.6) is 0 Å². The fraction of sp³-hybridized carbons (Fsp3) is 0.118. The Morgan fingerprint density at radius 3 is 2.53 bits per heavy atom. The summed E-state index contributed by atoms with van der Waals surface area (Å²) in [7, 11) is 0. The standard InChI is InChI=1S/C17H14N2/c1-12-2-3-14-9-15(5-4-13(14)8-12)17(10-18)16-6-7-19-11-16/h2-9,11,17,19H,1H3. The molecular formula is C17H14N2. The summed E-state index contributed by atoms with van der Waals surface area (Å²) in [4.78, 5) is 3.01. The zero-order chi connectivity index (χ0) is 13.2. The van der Waals surface area contributed by atoms with Crippen LogP contribution in [0.4, 0.5) is 0 Å². The van der Waals surface area contributed by atoms with Crippen molar-refractivity contribution < 1.29 is 0 Å². The Balaban J connectivity index is 2.10. The Morgan fingerprint density at radius 2 is 1.79 bits per heavy atom. The van der Waals surface area contributed by atoms with E-state index in [9.17, 15) is 5.26 Å². The first-order chi connectivity index (χ1) is 9.28. The Hall–Kier alpha value is -2.53. The van der Waals surface area contributed by atoms with Crippen LogP contribution in [0.25, 0.3) is 10.8 Å². The van der Waals surface area contributed by atoms with Gasteiger partial charge in [0.1, 0.15) is 0 Å². The zero-order valence-corrected chi connectivity index (χ0v) is 10.7. The number of nitrogens with zero attached hydrogens (tertiary/aromatic N) is 1. The van der Waals surface area contributed by atoms with Crippen LogP contribution in [0.2, 0.25) is 0 Å². The zero-order valence-electron chi connectivity index (χ0n) is 10.7. The molecule has 0 amide bonds. The number of benzene rings is 2. The van der Waals surface area contributed by atoms with E-state index in [-0.39, 0.29) is 5.92 Å². The molecule has 0 bridgehead atoms. The maximum absolute atomic E-state index is 9.40. The third-order valence-corrected chi connectivity index (χ3v) is 3.44. The van der Waals surface area contributed by atoms with Crippen LogP contribution in [0.3, 0.4) is 0 Å². The summed E-state index contributed by atoms with van der Waals surface area (Å²) in [5.41, 5.74) is 3.30. The normalized spacial score (nSPS) is 12.2. The van der Waals surface area contributed by atoms with Crippen LogP contribution in [0, 0.1) is 18.3 Å². The van der Waals surface area contributed by atoms with E-state index >= 15 is 0 Å². The lowest BCUT2D eigenvalue weighted by molar-refractivity contribution is 1.04. The highest BCUT2D eigenvalue weighted by molar-refractivity contribution is 5.84. The molecule has 2 nitrogen and oxygen atoms in total. The average Bonchev–Trinajstić information content (AvgIpc) is 2.93. The van der Waals surface area contributed by atoms with Gasteiger partial charge in [-0.15, -0.1) is 0 Å². The fourth-order valence-corrected chi connectivity index (χ4v) is 2.42. The van der Waals surface area contributed by atoms with Crippen molar-refractivity contribution in [2.45, 2.75) is 12.8 Å². The molecule has 0 fully saturated rings. The third-order valence-electron chi connectivity index (χ3n) is 3.44. The summed E-state index contributed by atoms with van der Waals surface area (Å²) in [5.74, 6) is -0.211. The van der Waals surface area contributed by atoms with E-state index in [0.29, 0.717) is 0 Å². The molecule has 0 aliphatic carbocycles. The van der Waals surface area contributed by atoms with Gasteiger partial charge in [-0.2, -0.15) is 5.26 Å². The predicted octanol–water partition coefficient (Wildman–Crippen LogP) is 4.13. The molecule has 1 N–H and O–H groups in total. The molecule has 3 aromatic rings. The number of H-pyrrole nitrogens is 1. The predicted molar refractivity (Wildman–Crippen MR) is 76.9 cm³/mol. The Bertz CT molecular complexity index is 749. The van der Waals surface area contributed by atoms with Crippen LogP contribution < -0.4 is 0 Å². The average molecular weight is 246 g/mol. The molecule has 1 heterocycles. The van der Waals surface area contributed by atoms with E-state index in [0.717, 1.165) is 11.1 Å². The van der Waals surface area contributed by atoms with E-state index < -0.39 is 0 Å². The molecule has 92 valence electrons. The van der Waals surface area contributed by atoms with Gasteiger partial charge in [-0.05, 0) is 41.0 Å². The molecule has 1 atom stereocenters. The van der Waals surface area contributed by atoms with E-state index in [1.807, 2.05) is 24.5 Å². The molecule has 0 spiro atoms. The second-order valence-corrected chi connectivity index (χ2v) is 4.82. The minimum atomic E-state index is -0.211. The monoisotopic (exact) mass is 246 g/mol. The molecule has 0 aliphatic heterocycles. The molecule has 1 aromatic heterocycles. The van der Waals surface area contributed by atoms with Crippen LogP contribution >= 0.6 is 0 Å². The quantitative estimate of drug-likeness (QED) is 0.725.